The summed E-state index contributed by atoms with van der Waals surface area (Å²) in [4.78, 5) is 17.2. The van der Waals surface area contributed by atoms with Crippen molar-refractivity contribution in [1.82, 2.24) is 15.5 Å². The first-order chi connectivity index (χ1) is 14.9. The van der Waals surface area contributed by atoms with Crippen LogP contribution in [0.15, 0.2) is 40.9 Å². The molecule has 8 nitrogen and oxygen atoms in total. The molecule has 1 N–H and O–H groups in total. The second-order valence-electron chi connectivity index (χ2n) is 7.05. The molecule has 0 spiro atoms. The smallest absolute Gasteiger partial charge is 0.253 e. The maximum atomic E-state index is 12.7. The number of nitrogens with one attached hydrogen (secondary N) is 1. The lowest BCUT2D eigenvalue weighted by atomic mass is 10.0. The zero-order valence-corrected chi connectivity index (χ0v) is 18.7. The van der Waals surface area contributed by atoms with Crippen molar-refractivity contribution in [2.75, 3.05) is 21.3 Å². The molecule has 1 atom stereocenters. The van der Waals surface area contributed by atoms with E-state index in [-0.39, 0.29) is 17.7 Å². The monoisotopic (exact) mass is 445 g/mol. The lowest BCUT2D eigenvalue weighted by Gasteiger charge is -2.18. The van der Waals surface area contributed by atoms with E-state index in [9.17, 15) is 4.79 Å². The number of carbonyl (C=O) groups excluding carboxylic acids is 1. The third kappa shape index (κ3) is 4.74. The highest BCUT2D eigenvalue weighted by Gasteiger charge is 2.26. The van der Waals surface area contributed by atoms with E-state index in [0.717, 1.165) is 0 Å². The predicted octanol–water partition coefficient (Wildman–Crippen LogP) is 4.54. The van der Waals surface area contributed by atoms with Crippen LogP contribution in [-0.2, 0) is 0 Å². The van der Waals surface area contributed by atoms with Crippen molar-refractivity contribution in [3.8, 4) is 28.6 Å². The summed E-state index contributed by atoms with van der Waals surface area (Å²) < 4.78 is 21.6. The van der Waals surface area contributed by atoms with Gasteiger partial charge in [0.15, 0.2) is 11.5 Å². The zero-order valence-electron chi connectivity index (χ0n) is 17.9. The maximum absolute atomic E-state index is 12.7. The van der Waals surface area contributed by atoms with Gasteiger partial charge in [0.2, 0.25) is 17.5 Å². The minimum atomic E-state index is -0.507. The predicted molar refractivity (Wildman–Crippen MR) is 116 cm³/mol. The first-order valence-corrected chi connectivity index (χ1v) is 9.96. The molecule has 1 heterocycles. The molecule has 0 fully saturated rings. The summed E-state index contributed by atoms with van der Waals surface area (Å²) in [6.45, 7) is 3.89. The molecule has 3 aromatic rings. The van der Waals surface area contributed by atoms with Crippen LogP contribution in [0.3, 0.4) is 0 Å². The number of hydrogen-bond acceptors (Lipinski definition) is 7. The number of aromatic nitrogens is 2. The third-order valence-electron chi connectivity index (χ3n) is 4.70. The number of methoxy groups -OCH3 is 3. The number of nitrogens with zero attached hydrogens (tertiary/aromatic N) is 2. The zero-order chi connectivity index (χ0) is 22.5. The van der Waals surface area contributed by atoms with Crippen LogP contribution in [0.5, 0.6) is 17.2 Å². The molecule has 0 aliphatic heterocycles. The molecule has 164 valence electrons. The van der Waals surface area contributed by atoms with E-state index < -0.39 is 6.04 Å². The molecule has 0 aliphatic rings. The van der Waals surface area contributed by atoms with E-state index in [4.69, 9.17) is 30.3 Å². The highest BCUT2D eigenvalue weighted by Crippen LogP contribution is 2.40. The summed E-state index contributed by atoms with van der Waals surface area (Å²) in [5.41, 5.74) is 0.989. The lowest BCUT2D eigenvalue weighted by Crippen LogP contribution is -2.32. The van der Waals surface area contributed by atoms with Gasteiger partial charge >= 0.3 is 0 Å². The number of halogens is 1. The van der Waals surface area contributed by atoms with Crippen molar-refractivity contribution in [3.05, 3.63) is 52.9 Å². The Kier molecular flexibility index (Phi) is 7.02. The molecule has 0 unspecified atom stereocenters. The summed E-state index contributed by atoms with van der Waals surface area (Å²) in [5, 5.41) is 7.37. The molecule has 3 rings (SSSR count). The van der Waals surface area contributed by atoms with E-state index >= 15 is 0 Å². The fourth-order valence-electron chi connectivity index (χ4n) is 3.07. The highest BCUT2D eigenvalue weighted by atomic mass is 35.5. The van der Waals surface area contributed by atoms with Crippen LogP contribution >= 0.6 is 11.6 Å². The van der Waals surface area contributed by atoms with Crippen LogP contribution < -0.4 is 19.5 Å². The van der Waals surface area contributed by atoms with Gasteiger partial charge in [-0.05, 0) is 30.2 Å². The number of rotatable bonds is 8. The molecule has 0 radical (unpaired) electrons. The summed E-state index contributed by atoms with van der Waals surface area (Å²) in [6.07, 6.45) is 0. The topological polar surface area (TPSA) is 95.7 Å². The van der Waals surface area contributed by atoms with Crippen molar-refractivity contribution in [1.29, 1.82) is 0 Å². The first kappa shape index (κ1) is 22.4. The van der Waals surface area contributed by atoms with Crippen molar-refractivity contribution in [2.24, 2.45) is 5.92 Å². The Balaban J connectivity index is 1.92. The Morgan fingerprint density at radius 2 is 1.71 bits per heavy atom. The third-order valence-corrected chi connectivity index (χ3v) is 5.03. The highest BCUT2D eigenvalue weighted by molar-refractivity contribution is 6.33. The number of hydrogen-bond donors (Lipinski definition) is 1. The second-order valence-corrected chi connectivity index (χ2v) is 7.45. The molecule has 1 aromatic heterocycles. The van der Waals surface area contributed by atoms with Gasteiger partial charge in [0.25, 0.3) is 5.91 Å². The first-order valence-electron chi connectivity index (χ1n) is 9.59. The molecule has 0 aliphatic carbocycles. The fourth-order valence-corrected chi connectivity index (χ4v) is 3.29. The Bertz CT molecular complexity index is 1040. The molecule has 9 heteroatoms. The van der Waals surface area contributed by atoms with Crippen LogP contribution in [0, 0.1) is 5.92 Å². The van der Waals surface area contributed by atoms with Crippen LogP contribution in [-0.4, -0.2) is 37.4 Å². The van der Waals surface area contributed by atoms with E-state index in [0.29, 0.717) is 39.2 Å². The molecule has 0 saturated carbocycles. The molecule has 0 bridgehead atoms. The standard InChI is InChI=1S/C22H24ClN3O5/c1-12(2)18(24-21(27)14-8-6-7-9-15(14)23)22-25-20(26-31-22)13-10-16(28-3)19(30-5)17(11-13)29-4/h6-12,18H,1-5H3,(H,24,27)/t18-/m1/s1. The average Bonchev–Trinajstić information content (AvgIpc) is 3.26. The Hall–Kier alpha value is -3.26. The van der Waals surface area contributed by atoms with Gasteiger partial charge in [0, 0.05) is 5.56 Å². The Morgan fingerprint density at radius 1 is 1.06 bits per heavy atom. The lowest BCUT2D eigenvalue weighted by molar-refractivity contribution is 0.0914. The Morgan fingerprint density at radius 3 is 2.26 bits per heavy atom. The van der Waals surface area contributed by atoms with Crippen LogP contribution in [0.4, 0.5) is 0 Å². The largest absolute Gasteiger partial charge is 0.493 e. The summed E-state index contributed by atoms with van der Waals surface area (Å²) >= 11 is 6.15. The van der Waals surface area contributed by atoms with Gasteiger partial charge in [-0.1, -0.05) is 42.7 Å². The number of carbonyl (C=O) groups is 1. The second kappa shape index (κ2) is 9.70. The van der Waals surface area contributed by atoms with E-state index in [2.05, 4.69) is 15.5 Å². The molecular formula is C22H24ClN3O5. The van der Waals surface area contributed by atoms with Gasteiger partial charge in [0.1, 0.15) is 6.04 Å². The average molecular weight is 446 g/mol. The van der Waals surface area contributed by atoms with Gasteiger partial charge in [-0.15, -0.1) is 0 Å². The molecule has 31 heavy (non-hydrogen) atoms. The van der Waals surface area contributed by atoms with Crippen LogP contribution in [0.25, 0.3) is 11.4 Å². The van der Waals surface area contributed by atoms with Gasteiger partial charge in [-0.2, -0.15) is 4.98 Å². The number of benzene rings is 2. The molecule has 2 aromatic carbocycles. The van der Waals surface area contributed by atoms with E-state index in [1.165, 1.54) is 21.3 Å². The molecule has 1 amide bonds. The normalized spacial score (nSPS) is 11.8. The molecular weight excluding hydrogens is 422 g/mol. The van der Waals surface area contributed by atoms with Gasteiger partial charge in [-0.3, -0.25) is 4.79 Å². The van der Waals surface area contributed by atoms with Crippen molar-refractivity contribution in [2.45, 2.75) is 19.9 Å². The summed E-state index contributed by atoms with van der Waals surface area (Å²) in [5.74, 6) is 1.67. The summed E-state index contributed by atoms with van der Waals surface area (Å²) in [6, 6.07) is 9.78. The minimum absolute atomic E-state index is 0.0142. The molecule has 0 saturated heterocycles. The van der Waals surface area contributed by atoms with Crippen molar-refractivity contribution >= 4 is 17.5 Å². The van der Waals surface area contributed by atoms with E-state index in [1.807, 2.05) is 13.8 Å². The van der Waals surface area contributed by atoms with Crippen LogP contribution in [0.1, 0.15) is 36.1 Å². The van der Waals surface area contributed by atoms with E-state index in [1.54, 1.807) is 36.4 Å². The number of ether oxygens (including phenoxy) is 3. The summed E-state index contributed by atoms with van der Waals surface area (Å²) in [7, 11) is 4.59. The van der Waals surface area contributed by atoms with Crippen LogP contribution in [0.2, 0.25) is 5.02 Å². The Labute approximate surface area is 185 Å². The van der Waals surface area contributed by atoms with Crippen molar-refractivity contribution in [3.63, 3.8) is 0 Å². The van der Waals surface area contributed by atoms with Crippen molar-refractivity contribution < 1.29 is 23.5 Å². The number of amides is 1. The fraction of sp³-hybridized carbons (Fsp3) is 0.318. The SMILES string of the molecule is COc1cc(-c2noc([C@H](NC(=O)c3ccccc3Cl)C(C)C)n2)cc(OC)c1OC. The van der Waals surface area contributed by atoms with Gasteiger partial charge < -0.3 is 24.1 Å². The minimum Gasteiger partial charge on any atom is -0.493 e. The maximum Gasteiger partial charge on any atom is 0.253 e. The quantitative estimate of drug-likeness (QED) is 0.543. The van der Waals surface area contributed by atoms with Gasteiger partial charge in [-0.25, -0.2) is 0 Å². The van der Waals surface area contributed by atoms with Gasteiger partial charge in [0.05, 0.1) is 31.9 Å².